The number of carbonyl (C=O) groups is 1. The van der Waals surface area contributed by atoms with Gasteiger partial charge in [-0.3, -0.25) is 0 Å². The van der Waals surface area contributed by atoms with Crippen molar-refractivity contribution in [1.82, 2.24) is 25.5 Å². The molecule has 2 N–H and O–H groups in total. The number of nitrogens with zero attached hydrogens (tertiary/aromatic N) is 4. The molecule has 0 saturated carbocycles. The van der Waals surface area contributed by atoms with Gasteiger partial charge in [0.25, 0.3) is 0 Å². The van der Waals surface area contributed by atoms with Crippen molar-refractivity contribution in [3.05, 3.63) is 18.1 Å². The molecule has 0 radical (unpaired) electrons. The topological polar surface area (TPSA) is 91.9 Å². The maximum absolute atomic E-state index is 12.3. The van der Waals surface area contributed by atoms with E-state index in [9.17, 15) is 4.79 Å². The molecule has 1 aromatic rings. The molecular weight excluding hydrogens is 360 g/mol. The third-order valence-electron chi connectivity index (χ3n) is 5.20. The summed E-state index contributed by atoms with van der Waals surface area (Å²) >= 11 is 0. The summed E-state index contributed by atoms with van der Waals surface area (Å²) in [4.78, 5) is 25.7. The maximum Gasteiger partial charge on any atom is 0.317 e. The highest BCUT2D eigenvalue weighted by atomic mass is 16.5. The van der Waals surface area contributed by atoms with Crippen molar-refractivity contribution >= 4 is 11.8 Å². The predicted molar refractivity (Wildman–Crippen MR) is 107 cm³/mol. The van der Waals surface area contributed by atoms with E-state index in [4.69, 9.17) is 14.5 Å². The van der Waals surface area contributed by atoms with Crippen LogP contribution < -0.4 is 15.5 Å². The second kappa shape index (κ2) is 11.1. The molecule has 2 saturated heterocycles. The van der Waals surface area contributed by atoms with Gasteiger partial charge in [-0.05, 0) is 18.9 Å². The van der Waals surface area contributed by atoms with E-state index in [1.165, 1.54) is 0 Å². The summed E-state index contributed by atoms with van der Waals surface area (Å²) in [6.07, 6.45) is 3.64. The maximum atomic E-state index is 12.3. The first-order valence-electron chi connectivity index (χ1n) is 10.2. The molecule has 3 rings (SSSR count). The summed E-state index contributed by atoms with van der Waals surface area (Å²) in [5.41, 5.74) is 0. The summed E-state index contributed by atoms with van der Waals surface area (Å²) in [6, 6.07) is 1.98. The second-order valence-electron chi connectivity index (χ2n) is 7.11. The van der Waals surface area contributed by atoms with E-state index < -0.39 is 0 Å². The van der Waals surface area contributed by atoms with Gasteiger partial charge >= 0.3 is 6.03 Å². The van der Waals surface area contributed by atoms with Gasteiger partial charge in [0.2, 0.25) is 0 Å². The summed E-state index contributed by atoms with van der Waals surface area (Å²) in [6.45, 7) is 7.53. The van der Waals surface area contributed by atoms with Gasteiger partial charge in [-0.15, -0.1) is 0 Å². The molecule has 3 heterocycles. The molecule has 0 aromatic carbocycles. The van der Waals surface area contributed by atoms with E-state index >= 15 is 0 Å². The highest BCUT2D eigenvalue weighted by Gasteiger charge is 2.26. The Balaban J connectivity index is 1.41. The van der Waals surface area contributed by atoms with Crippen LogP contribution in [-0.2, 0) is 9.47 Å². The Labute approximate surface area is 166 Å². The standard InChI is InChI=1S/C19H32N6O3/c1-27-13-8-20-6-7-22-19(26)25-9-3-16(4-10-25)18-21-5-2-17(23-18)24-11-14-28-15-12-24/h2,5,16,20H,3-4,6-15H2,1H3,(H,22,26). The number of anilines is 1. The van der Waals surface area contributed by atoms with Gasteiger partial charge < -0.3 is 29.9 Å². The van der Waals surface area contributed by atoms with Gasteiger partial charge in [0.15, 0.2) is 0 Å². The van der Waals surface area contributed by atoms with Crippen LogP contribution in [0.5, 0.6) is 0 Å². The van der Waals surface area contributed by atoms with Gasteiger partial charge in [-0.1, -0.05) is 0 Å². The Morgan fingerprint density at radius 2 is 2.00 bits per heavy atom. The zero-order valence-electron chi connectivity index (χ0n) is 16.7. The van der Waals surface area contributed by atoms with Crippen LogP contribution in [0.1, 0.15) is 24.6 Å². The van der Waals surface area contributed by atoms with Gasteiger partial charge in [0.05, 0.1) is 19.8 Å². The number of likely N-dealkylation sites (tertiary alicyclic amines) is 1. The van der Waals surface area contributed by atoms with Crippen LogP contribution >= 0.6 is 0 Å². The monoisotopic (exact) mass is 392 g/mol. The molecule has 2 aliphatic heterocycles. The quantitative estimate of drug-likeness (QED) is 0.620. The molecule has 2 fully saturated rings. The fourth-order valence-corrected chi connectivity index (χ4v) is 3.54. The number of piperidine rings is 1. The summed E-state index contributed by atoms with van der Waals surface area (Å²) < 4.78 is 10.4. The normalized spacial score (nSPS) is 18.3. The van der Waals surface area contributed by atoms with Crippen molar-refractivity contribution in [3.8, 4) is 0 Å². The van der Waals surface area contributed by atoms with Crippen LogP contribution in [0, 0.1) is 0 Å². The van der Waals surface area contributed by atoms with Crippen LogP contribution in [-0.4, -0.2) is 93.6 Å². The number of hydrogen-bond donors (Lipinski definition) is 2. The number of aromatic nitrogens is 2. The Hall–Kier alpha value is -1.97. The number of hydrogen-bond acceptors (Lipinski definition) is 7. The number of methoxy groups -OCH3 is 1. The highest BCUT2D eigenvalue weighted by Crippen LogP contribution is 2.26. The van der Waals surface area contributed by atoms with Crippen molar-refractivity contribution < 1.29 is 14.3 Å². The van der Waals surface area contributed by atoms with Crippen LogP contribution in [0.15, 0.2) is 12.3 Å². The van der Waals surface area contributed by atoms with E-state index in [2.05, 4.69) is 20.5 Å². The molecule has 0 unspecified atom stereocenters. The molecule has 156 valence electrons. The lowest BCUT2D eigenvalue weighted by molar-refractivity contribution is 0.122. The largest absolute Gasteiger partial charge is 0.383 e. The fraction of sp³-hybridized carbons (Fsp3) is 0.737. The molecular formula is C19H32N6O3. The molecule has 0 bridgehead atoms. The SMILES string of the molecule is COCCNCCNC(=O)N1CCC(c2nccc(N3CCOCC3)n2)CC1. The first-order chi connectivity index (χ1) is 13.8. The van der Waals surface area contributed by atoms with Gasteiger partial charge in [-0.2, -0.15) is 0 Å². The lowest BCUT2D eigenvalue weighted by Crippen LogP contribution is -2.46. The Bertz CT molecular complexity index is 603. The van der Waals surface area contributed by atoms with Crippen molar-refractivity contribution in [1.29, 1.82) is 0 Å². The van der Waals surface area contributed by atoms with Crippen LogP contribution in [0.4, 0.5) is 10.6 Å². The second-order valence-corrected chi connectivity index (χ2v) is 7.11. The first kappa shape index (κ1) is 20.8. The van der Waals surface area contributed by atoms with E-state index in [1.54, 1.807) is 7.11 Å². The summed E-state index contributed by atoms with van der Waals surface area (Å²) in [7, 11) is 1.68. The van der Waals surface area contributed by atoms with E-state index in [1.807, 2.05) is 17.2 Å². The number of amides is 2. The van der Waals surface area contributed by atoms with E-state index in [-0.39, 0.29) is 6.03 Å². The first-order valence-corrected chi connectivity index (χ1v) is 10.2. The minimum atomic E-state index is 0.00924. The number of rotatable bonds is 8. The van der Waals surface area contributed by atoms with Crippen molar-refractivity contribution in [2.75, 3.05) is 77.6 Å². The number of carbonyl (C=O) groups excluding carboxylic acids is 1. The average molecular weight is 393 g/mol. The van der Waals surface area contributed by atoms with E-state index in [0.717, 1.165) is 77.0 Å². The summed E-state index contributed by atoms with van der Waals surface area (Å²) in [5.74, 6) is 2.18. The predicted octanol–water partition coefficient (Wildman–Crippen LogP) is 0.438. The fourth-order valence-electron chi connectivity index (χ4n) is 3.54. The molecule has 0 atom stereocenters. The van der Waals surface area contributed by atoms with Crippen LogP contribution in [0.25, 0.3) is 0 Å². The minimum absolute atomic E-state index is 0.00924. The smallest absolute Gasteiger partial charge is 0.317 e. The van der Waals surface area contributed by atoms with Crippen molar-refractivity contribution in [3.63, 3.8) is 0 Å². The number of nitrogens with one attached hydrogen (secondary N) is 2. The molecule has 0 spiro atoms. The Morgan fingerprint density at radius 1 is 1.21 bits per heavy atom. The number of ether oxygens (including phenoxy) is 2. The number of morpholine rings is 1. The third kappa shape index (κ3) is 6.02. The molecule has 2 amide bonds. The summed E-state index contributed by atoms with van der Waals surface area (Å²) in [5, 5.41) is 6.19. The zero-order valence-corrected chi connectivity index (χ0v) is 16.7. The Kier molecular flexibility index (Phi) is 8.25. The van der Waals surface area contributed by atoms with Crippen molar-refractivity contribution in [2.24, 2.45) is 0 Å². The van der Waals surface area contributed by atoms with Crippen LogP contribution in [0.3, 0.4) is 0 Å². The molecule has 2 aliphatic rings. The molecule has 9 nitrogen and oxygen atoms in total. The average Bonchev–Trinajstić information content (AvgIpc) is 2.77. The highest BCUT2D eigenvalue weighted by molar-refractivity contribution is 5.74. The lowest BCUT2D eigenvalue weighted by atomic mass is 9.96. The van der Waals surface area contributed by atoms with Gasteiger partial charge in [0.1, 0.15) is 11.6 Å². The third-order valence-corrected chi connectivity index (χ3v) is 5.20. The van der Waals surface area contributed by atoms with Crippen molar-refractivity contribution in [2.45, 2.75) is 18.8 Å². The van der Waals surface area contributed by atoms with Gasteiger partial charge in [-0.25, -0.2) is 14.8 Å². The van der Waals surface area contributed by atoms with Crippen LogP contribution in [0.2, 0.25) is 0 Å². The van der Waals surface area contributed by atoms with E-state index in [0.29, 0.717) is 19.1 Å². The molecule has 28 heavy (non-hydrogen) atoms. The lowest BCUT2D eigenvalue weighted by Gasteiger charge is -2.32. The zero-order chi connectivity index (χ0) is 19.6. The molecule has 0 aliphatic carbocycles. The number of urea groups is 1. The minimum Gasteiger partial charge on any atom is -0.383 e. The molecule has 9 heteroatoms. The Morgan fingerprint density at radius 3 is 2.75 bits per heavy atom. The van der Waals surface area contributed by atoms with Gasteiger partial charge in [0, 0.05) is 65.0 Å². The molecule has 1 aromatic heterocycles.